The second-order valence-electron chi connectivity index (χ2n) is 12.2. The van der Waals surface area contributed by atoms with Crippen molar-refractivity contribution in [1.82, 2.24) is 4.98 Å². The SMILES string of the molecule is CCC(C)(CC)C(=O)/C=C(\O)C(C)(CC)CC.Fc1cccc2c1ccc1c(-c3[c-]c4ccccc4c(C(F)(F)F)c3)nccc12.[Ir]. The number of aliphatic hydroxyl groups is 1. The van der Waals surface area contributed by atoms with Crippen molar-refractivity contribution in [3.05, 3.63) is 102 Å². The summed E-state index contributed by atoms with van der Waals surface area (Å²) in [7, 11) is 0. The molecule has 1 aromatic heterocycles. The van der Waals surface area contributed by atoms with Crippen molar-refractivity contribution >= 4 is 38.1 Å². The van der Waals surface area contributed by atoms with Crippen LogP contribution in [0.1, 0.15) is 72.8 Å². The van der Waals surface area contributed by atoms with Gasteiger partial charge < -0.3 is 5.11 Å². The number of halogens is 4. The molecule has 4 aromatic carbocycles. The number of allylic oxidation sites excluding steroid dienone is 2. The third-order valence-corrected chi connectivity index (χ3v) is 9.69. The van der Waals surface area contributed by atoms with Crippen LogP contribution in [-0.2, 0) is 31.1 Å². The average Bonchev–Trinajstić information content (AvgIpc) is 3.06. The van der Waals surface area contributed by atoms with E-state index in [2.05, 4.69) is 11.1 Å². The number of nitrogens with zero attached hydrogens (tertiary/aromatic N) is 1. The number of hydrogen-bond donors (Lipinski definition) is 1. The largest absolute Gasteiger partial charge is 0.512 e. The van der Waals surface area contributed by atoms with E-state index in [9.17, 15) is 27.5 Å². The summed E-state index contributed by atoms with van der Waals surface area (Å²) in [5, 5.41) is 13.1. The van der Waals surface area contributed by atoms with Gasteiger partial charge in [-0.15, -0.1) is 23.6 Å². The first-order valence-corrected chi connectivity index (χ1v) is 15.7. The van der Waals surface area contributed by atoms with Gasteiger partial charge in [0.1, 0.15) is 11.6 Å². The van der Waals surface area contributed by atoms with Gasteiger partial charge in [-0.1, -0.05) is 95.0 Å². The Balaban J connectivity index is 0.000000290. The van der Waals surface area contributed by atoms with Gasteiger partial charge in [-0.05, 0) is 59.5 Å². The minimum absolute atomic E-state index is 0. The van der Waals surface area contributed by atoms with Gasteiger partial charge in [0.15, 0.2) is 5.78 Å². The first kappa shape index (κ1) is 37.8. The maximum atomic E-state index is 14.1. The number of pyridine rings is 1. The molecule has 0 fully saturated rings. The van der Waals surface area contributed by atoms with E-state index in [4.69, 9.17) is 0 Å². The van der Waals surface area contributed by atoms with Crippen LogP contribution in [0.2, 0.25) is 0 Å². The van der Waals surface area contributed by atoms with E-state index in [1.807, 2.05) is 41.5 Å². The van der Waals surface area contributed by atoms with Crippen LogP contribution in [-0.4, -0.2) is 15.9 Å². The van der Waals surface area contributed by atoms with Crippen molar-refractivity contribution in [2.75, 3.05) is 0 Å². The Morgan fingerprint density at radius 1 is 0.787 bits per heavy atom. The molecule has 0 amide bonds. The monoisotopic (exact) mass is 823 g/mol. The van der Waals surface area contributed by atoms with Gasteiger partial charge in [-0.3, -0.25) is 9.78 Å². The molecule has 0 unspecified atom stereocenters. The minimum Gasteiger partial charge on any atom is -0.512 e. The van der Waals surface area contributed by atoms with Gasteiger partial charge in [0.2, 0.25) is 0 Å². The molecule has 0 aliphatic heterocycles. The molecule has 0 saturated carbocycles. The van der Waals surface area contributed by atoms with E-state index >= 15 is 0 Å². The zero-order valence-corrected chi connectivity index (χ0v) is 29.9. The predicted octanol–water partition coefficient (Wildman–Crippen LogP) is 11.8. The van der Waals surface area contributed by atoms with Crippen LogP contribution in [0.25, 0.3) is 43.6 Å². The molecule has 0 bridgehead atoms. The molecule has 3 nitrogen and oxygen atoms in total. The Hall–Kier alpha value is -3.61. The first-order valence-electron chi connectivity index (χ1n) is 15.7. The van der Waals surface area contributed by atoms with Gasteiger partial charge in [0.05, 0.1) is 0 Å². The Morgan fingerprint density at radius 2 is 1.36 bits per heavy atom. The van der Waals surface area contributed by atoms with E-state index in [-0.39, 0.29) is 59.2 Å². The van der Waals surface area contributed by atoms with E-state index < -0.39 is 11.7 Å². The molecule has 47 heavy (non-hydrogen) atoms. The Morgan fingerprint density at radius 3 is 1.98 bits per heavy atom. The first-order chi connectivity index (χ1) is 21.7. The number of ketones is 1. The topological polar surface area (TPSA) is 50.2 Å². The molecule has 0 aliphatic carbocycles. The third-order valence-electron chi connectivity index (χ3n) is 9.69. The van der Waals surface area contributed by atoms with Crippen molar-refractivity contribution in [1.29, 1.82) is 0 Å². The standard InChI is InChI=1S/C24H12F4N.C15H28O2.Ir/c25-22-7-3-6-17-18-10-11-29-23(20(18)9-8-19(17)22)15-12-14-4-1-2-5-16(14)21(13-15)24(26,27)28;1-7-14(5,8-2)12(16)11-13(17)15(6,9-3)10-4;/h1-11,13H;11,16H,7-10H2,1-6H3;/q-1;;/b;12-11-;. The number of hydrogen-bond acceptors (Lipinski definition) is 3. The average molecular weight is 823 g/mol. The summed E-state index contributed by atoms with van der Waals surface area (Å²) in [6.07, 6.45) is 1.77. The number of carbonyl (C=O) groups is 1. The Labute approximate surface area is 287 Å². The zero-order valence-electron chi connectivity index (χ0n) is 27.5. The fraction of sp³-hybridized carbons (Fsp3) is 0.333. The van der Waals surface area contributed by atoms with Gasteiger partial charge in [-0.25, -0.2) is 4.39 Å². The van der Waals surface area contributed by atoms with Crippen molar-refractivity contribution < 1.29 is 47.6 Å². The maximum Gasteiger partial charge on any atom is 0.403 e. The summed E-state index contributed by atoms with van der Waals surface area (Å²) >= 11 is 0. The number of alkyl halides is 3. The molecule has 0 atom stereocenters. The molecule has 1 radical (unpaired) electrons. The minimum atomic E-state index is -4.51. The van der Waals surface area contributed by atoms with Crippen LogP contribution in [0.5, 0.6) is 0 Å². The molecular weight excluding hydrogens is 783 g/mol. The summed E-state index contributed by atoms with van der Waals surface area (Å²) in [4.78, 5) is 16.5. The molecule has 0 spiro atoms. The number of aliphatic hydroxyl groups excluding tert-OH is 1. The summed E-state index contributed by atoms with van der Waals surface area (Å²) < 4.78 is 55.3. The number of rotatable bonds is 8. The molecule has 0 aliphatic rings. The summed E-state index contributed by atoms with van der Waals surface area (Å²) in [5.41, 5.74) is -0.705. The molecular formula is C39H40F4IrNO2-. The quantitative estimate of drug-likeness (QED) is 0.0558. The molecule has 8 heteroatoms. The van der Waals surface area contributed by atoms with Crippen LogP contribution in [0.15, 0.2) is 84.8 Å². The van der Waals surface area contributed by atoms with Gasteiger partial charge in [-0.2, -0.15) is 13.2 Å². The smallest absolute Gasteiger partial charge is 0.403 e. The van der Waals surface area contributed by atoms with E-state index in [1.165, 1.54) is 24.4 Å². The molecule has 5 rings (SSSR count). The van der Waals surface area contributed by atoms with E-state index in [0.29, 0.717) is 27.2 Å². The van der Waals surface area contributed by atoms with Crippen LogP contribution in [0, 0.1) is 22.7 Å². The van der Waals surface area contributed by atoms with Crippen molar-refractivity contribution in [3.8, 4) is 11.3 Å². The summed E-state index contributed by atoms with van der Waals surface area (Å²) in [6.45, 7) is 12.1. The number of benzene rings is 4. The zero-order chi connectivity index (χ0) is 33.9. The van der Waals surface area contributed by atoms with Crippen LogP contribution in [0.4, 0.5) is 17.6 Å². The van der Waals surface area contributed by atoms with Gasteiger partial charge >= 0.3 is 6.18 Å². The van der Waals surface area contributed by atoms with Crippen LogP contribution >= 0.6 is 0 Å². The normalized spacial score (nSPS) is 12.5. The molecule has 1 heterocycles. The second kappa shape index (κ2) is 15.1. The third kappa shape index (κ3) is 7.76. The number of fused-ring (bicyclic) bond motifs is 4. The Kier molecular flexibility index (Phi) is 12.1. The van der Waals surface area contributed by atoms with Crippen LogP contribution in [0.3, 0.4) is 0 Å². The van der Waals surface area contributed by atoms with Gasteiger partial charge in [0, 0.05) is 54.3 Å². The fourth-order valence-electron chi connectivity index (χ4n) is 5.48. The number of carbonyl (C=O) groups excluding carboxylic acids is 1. The fourth-order valence-corrected chi connectivity index (χ4v) is 5.48. The number of aromatic nitrogens is 1. The van der Waals surface area contributed by atoms with E-state index in [0.717, 1.165) is 37.1 Å². The molecule has 0 saturated heterocycles. The van der Waals surface area contributed by atoms with E-state index in [1.54, 1.807) is 48.5 Å². The molecule has 1 N–H and O–H groups in total. The van der Waals surface area contributed by atoms with Gasteiger partial charge in [0.25, 0.3) is 0 Å². The summed E-state index contributed by atoms with van der Waals surface area (Å²) in [5.74, 6) is -0.0619. The maximum absolute atomic E-state index is 14.1. The van der Waals surface area contributed by atoms with Crippen LogP contribution < -0.4 is 0 Å². The molecule has 251 valence electrons. The predicted molar refractivity (Wildman–Crippen MR) is 179 cm³/mol. The van der Waals surface area contributed by atoms with Crippen molar-refractivity contribution in [2.45, 2.75) is 73.4 Å². The summed E-state index contributed by atoms with van der Waals surface area (Å²) in [6, 6.07) is 20.3. The van der Waals surface area contributed by atoms with Crippen molar-refractivity contribution in [2.24, 2.45) is 10.8 Å². The second-order valence-corrected chi connectivity index (χ2v) is 12.2. The Bertz CT molecular complexity index is 1910. The van der Waals surface area contributed by atoms with Crippen molar-refractivity contribution in [3.63, 3.8) is 0 Å². The molecule has 5 aromatic rings.